The van der Waals surface area contributed by atoms with Crippen molar-refractivity contribution in [2.24, 2.45) is 0 Å². The molecular formula is C10H22AlN. The Kier molecular flexibility index (Phi) is 4.64. The average molecular weight is 183 g/mol. The molecule has 0 aromatic carbocycles. The first-order valence-electron chi connectivity index (χ1n) is 5.35. The summed E-state index contributed by atoms with van der Waals surface area (Å²) in [5, 5.41) is 3.23. The molecule has 70 valence electrons. The van der Waals surface area contributed by atoms with Gasteiger partial charge in [0, 0.05) is 0 Å². The van der Waals surface area contributed by atoms with E-state index in [-0.39, 0.29) is 14.1 Å². The summed E-state index contributed by atoms with van der Waals surface area (Å²) in [6.45, 7) is 3.79. The topological polar surface area (TPSA) is 3.24 Å². The van der Waals surface area contributed by atoms with Crippen LogP contribution in [0.2, 0.25) is 15.3 Å². The number of rotatable bonds is 4. The molecule has 0 bridgehead atoms. The minimum atomic E-state index is -0.261. The molecule has 0 aliphatic carbocycles. The van der Waals surface area contributed by atoms with E-state index in [2.05, 4.69) is 25.9 Å². The van der Waals surface area contributed by atoms with Crippen LogP contribution in [0.4, 0.5) is 0 Å². The van der Waals surface area contributed by atoms with Gasteiger partial charge in [-0.2, -0.15) is 0 Å². The molecule has 1 atom stereocenters. The second kappa shape index (κ2) is 5.27. The predicted octanol–water partition coefficient (Wildman–Crippen LogP) is 2.62. The Morgan fingerprint density at radius 1 is 1.42 bits per heavy atom. The van der Waals surface area contributed by atoms with E-state index in [1.54, 1.807) is 23.4 Å². The lowest BCUT2D eigenvalue weighted by Crippen LogP contribution is -2.17. The van der Waals surface area contributed by atoms with Gasteiger partial charge >= 0.3 is 0 Å². The molecule has 1 nitrogen and oxygen atoms in total. The van der Waals surface area contributed by atoms with E-state index in [4.69, 9.17) is 0 Å². The molecule has 1 saturated heterocycles. The summed E-state index contributed by atoms with van der Waals surface area (Å²) >= 11 is -0.261. The van der Waals surface area contributed by atoms with E-state index in [9.17, 15) is 0 Å². The van der Waals surface area contributed by atoms with Gasteiger partial charge in [-0.15, -0.1) is 0 Å². The third-order valence-electron chi connectivity index (χ3n) is 3.22. The highest BCUT2D eigenvalue weighted by molar-refractivity contribution is 6.61. The fourth-order valence-electron chi connectivity index (χ4n) is 2.32. The average Bonchev–Trinajstić information content (AvgIpc) is 2.36. The lowest BCUT2D eigenvalue weighted by molar-refractivity contribution is 0.408. The molecule has 1 aliphatic rings. The maximum absolute atomic E-state index is 2.49. The maximum atomic E-state index is 2.49. The SMILES string of the molecule is C[CH]1CC[CH2][Al]1[CH2]CCN(C)C. The van der Waals surface area contributed by atoms with Crippen LogP contribution < -0.4 is 0 Å². The van der Waals surface area contributed by atoms with Crippen molar-refractivity contribution < 1.29 is 0 Å². The Balaban J connectivity index is 2.06. The van der Waals surface area contributed by atoms with Crippen molar-refractivity contribution in [3.8, 4) is 0 Å². The summed E-state index contributed by atoms with van der Waals surface area (Å²) in [6.07, 6.45) is 4.53. The van der Waals surface area contributed by atoms with Gasteiger partial charge in [0.05, 0.1) is 0 Å². The van der Waals surface area contributed by atoms with Crippen LogP contribution >= 0.6 is 0 Å². The van der Waals surface area contributed by atoms with E-state index in [1.165, 1.54) is 13.0 Å². The molecule has 1 aliphatic heterocycles. The van der Waals surface area contributed by atoms with Crippen molar-refractivity contribution in [2.45, 2.75) is 41.5 Å². The standard InChI is InChI=1S/C5H12N.C5H10.Al/c1-4-5-6(2)3;1-3-5-4-2;/h1,4-5H2,2-3H3;4H,1,3,5H2,2H3;. The summed E-state index contributed by atoms with van der Waals surface area (Å²) in [5.41, 5.74) is 0. The predicted molar refractivity (Wildman–Crippen MR) is 57.2 cm³/mol. The molecular weight excluding hydrogens is 161 g/mol. The van der Waals surface area contributed by atoms with Gasteiger partial charge in [-0.3, -0.25) is 0 Å². The first-order valence-corrected chi connectivity index (χ1v) is 7.65. The monoisotopic (exact) mass is 183 g/mol. The fourth-order valence-corrected chi connectivity index (χ4v) is 5.92. The molecule has 1 rings (SSSR count). The van der Waals surface area contributed by atoms with Crippen molar-refractivity contribution in [1.82, 2.24) is 4.90 Å². The van der Waals surface area contributed by atoms with Crippen LogP contribution in [-0.4, -0.2) is 39.7 Å². The van der Waals surface area contributed by atoms with Gasteiger partial charge in [-0.25, -0.2) is 0 Å². The molecule has 0 saturated carbocycles. The molecule has 1 heterocycles. The molecule has 2 heteroatoms. The molecule has 0 N–H and O–H groups in total. The van der Waals surface area contributed by atoms with Gasteiger partial charge in [0.15, 0.2) is 0 Å². The zero-order valence-electron chi connectivity index (χ0n) is 8.84. The number of hydrogen-bond acceptors (Lipinski definition) is 1. The van der Waals surface area contributed by atoms with Crippen molar-refractivity contribution in [2.75, 3.05) is 20.6 Å². The van der Waals surface area contributed by atoms with Crippen LogP contribution in [0.1, 0.15) is 26.2 Å². The lowest BCUT2D eigenvalue weighted by Gasteiger charge is -2.12. The Hall–Kier alpha value is 0.492. The normalized spacial score (nSPS) is 24.0. The Morgan fingerprint density at radius 2 is 2.17 bits per heavy atom. The second-order valence-corrected chi connectivity index (χ2v) is 8.43. The van der Waals surface area contributed by atoms with Crippen LogP contribution in [-0.2, 0) is 0 Å². The van der Waals surface area contributed by atoms with E-state index in [1.807, 2.05) is 0 Å². The molecule has 1 fully saturated rings. The van der Waals surface area contributed by atoms with E-state index in [0.717, 1.165) is 4.78 Å². The molecule has 0 aromatic rings. The van der Waals surface area contributed by atoms with Gasteiger partial charge in [-0.1, -0.05) is 41.5 Å². The van der Waals surface area contributed by atoms with Gasteiger partial charge < -0.3 is 4.90 Å². The van der Waals surface area contributed by atoms with Gasteiger partial charge in [0.25, 0.3) is 14.1 Å². The molecule has 0 amide bonds. The summed E-state index contributed by atoms with van der Waals surface area (Å²) < 4.78 is 1.15. The van der Waals surface area contributed by atoms with Crippen molar-refractivity contribution >= 4 is 14.1 Å². The smallest absolute Gasteiger partial charge is 0.265 e. The largest absolute Gasteiger partial charge is 0.309 e. The molecule has 0 aromatic heterocycles. The Bertz CT molecular complexity index is 125. The highest BCUT2D eigenvalue weighted by Crippen LogP contribution is 2.32. The minimum Gasteiger partial charge on any atom is -0.309 e. The molecule has 1 unspecified atom stereocenters. The summed E-state index contributed by atoms with van der Waals surface area (Å²) in [4.78, 5) is 2.31. The quantitative estimate of drug-likeness (QED) is 0.606. The minimum absolute atomic E-state index is 0.261. The first-order chi connectivity index (χ1) is 5.70. The zero-order chi connectivity index (χ0) is 8.97. The highest BCUT2D eigenvalue weighted by Gasteiger charge is 2.28. The summed E-state index contributed by atoms with van der Waals surface area (Å²) in [7, 11) is 4.36. The van der Waals surface area contributed by atoms with Gasteiger partial charge in [0.2, 0.25) is 0 Å². The first kappa shape index (κ1) is 10.6. The van der Waals surface area contributed by atoms with Crippen LogP contribution in [0.3, 0.4) is 0 Å². The molecule has 0 spiro atoms. The third kappa shape index (κ3) is 3.48. The summed E-state index contributed by atoms with van der Waals surface area (Å²) in [5.74, 6) is 0. The molecule has 0 radical (unpaired) electrons. The zero-order valence-corrected chi connectivity index (χ0v) is 10.00. The van der Waals surface area contributed by atoms with Crippen molar-refractivity contribution in [3.63, 3.8) is 0 Å². The van der Waals surface area contributed by atoms with E-state index < -0.39 is 0 Å². The highest BCUT2D eigenvalue weighted by atomic mass is 27.2. The van der Waals surface area contributed by atoms with Crippen LogP contribution in [0.15, 0.2) is 0 Å². The Morgan fingerprint density at radius 3 is 2.67 bits per heavy atom. The van der Waals surface area contributed by atoms with Gasteiger partial charge in [-0.05, 0) is 20.6 Å². The van der Waals surface area contributed by atoms with Crippen molar-refractivity contribution in [3.05, 3.63) is 0 Å². The van der Waals surface area contributed by atoms with Crippen LogP contribution in [0, 0.1) is 0 Å². The van der Waals surface area contributed by atoms with Crippen LogP contribution in [0.25, 0.3) is 0 Å². The second-order valence-electron chi connectivity index (χ2n) is 4.61. The number of nitrogens with zero attached hydrogens (tertiary/aromatic N) is 1. The lowest BCUT2D eigenvalue weighted by atomic mass is 10.3. The van der Waals surface area contributed by atoms with Crippen LogP contribution in [0.5, 0.6) is 0 Å². The van der Waals surface area contributed by atoms with Crippen molar-refractivity contribution in [1.29, 1.82) is 0 Å². The fraction of sp³-hybridized carbons (Fsp3) is 1.00. The molecule has 12 heavy (non-hydrogen) atoms. The maximum Gasteiger partial charge on any atom is 0.265 e. The summed E-state index contributed by atoms with van der Waals surface area (Å²) in [6, 6.07) is 0. The van der Waals surface area contributed by atoms with E-state index in [0.29, 0.717) is 0 Å². The van der Waals surface area contributed by atoms with E-state index >= 15 is 0 Å². The van der Waals surface area contributed by atoms with Gasteiger partial charge in [0.1, 0.15) is 0 Å². The number of hydrogen-bond donors (Lipinski definition) is 0. The Labute approximate surface area is 81.5 Å². The third-order valence-corrected chi connectivity index (χ3v) is 7.46.